The first kappa shape index (κ1) is 15.3. The van der Waals surface area contributed by atoms with Gasteiger partial charge < -0.3 is 5.32 Å². The molecule has 2 rings (SSSR count). The molecule has 0 amide bonds. The summed E-state index contributed by atoms with van der Waals surface area (Å²) in [6.07, 6.45) is 6.15. The summed E-state index contributed by atoms with van der Waals surface area (Å²) in [5.74, 6) is 0. The zero-order chi connectivity index (χ0) is 14.5. The number of hydrogen-bond acceptors (Lipinski definition) is 2. The largest absolute Gasteiger partial charge is 0.310 e. The lowest BCUT2D eigenvalue weighted by atomic mass is 9.98. The average Bonchev–Trinajstić information content (AvgIpc) is 2.84. The minimum Gasteiger partial charge on any atom is -0.310 e. The maximum absolute atomic E-state index is 4.23. The van der Waals surface area contributed by atoms with Crippen LogP contribution in [0, 0.1) is 6.92 Å². The first-order valence-corrected chi connectivity index (χ1v) is 7.87. The van der Waals surface area contributed by atoms with Crippen molar-refractivity contribution in [3.05, 3.63) is 51.8 Å². The van der Waals surface area contributed by atoms with Crippen LogP contribution in [0.5, 0.6) is 0 Å². The number of aromatic nitrogens is 2. The molecular formula is C16H22BrN3. The van der Waals surface area contributed by atoms with Crippen molar-refractivity contribution in [1.82, 2.24) is 15.1 Å². The van der Waals surface area contributed by atoms with Crippen molar-refractivity contribution in [1.29, 1.82) is 0 Å². The minimum atomic E-state index is 0.370. The summed E-state index contributed by atoms with van der Waals surface area (Å²) in [5, 5.41) is 7.82. The van der Waals surface area contributed by atoms with E-state index < -0.39 is 0 Å². The van der Waals surface area contributed by atoms with Crippen molar-refractivity contribution in [2.24, 2.45) is 7.05 Å². The second kappa shape index (κ2) is 7.04. The predicted octanol–water partition coefficient (Wildman–Crippen LogP) is 3.77. The van der Waals surface area contributed by atoms with E-state index in [9.17, 15) is 0 Å². The van der Waals surface area contributed by atoms with E-state index in [1.54, 1.807) is 0 Å². The molecule has 2 aromatic rings. The van der Waals surface area contributed by atoms with Gasteiger partial charge in [0.15, 0.2) is 0 Å². The summed E-state index contributed by atoms with van der Waals surface area (Å²) in [6, 6.07) is 6.84. The molecule has 0 aliphatic carbocycles. The van der Waals surface area contributed by atoms with Gasteiger partial charge in [-0.3, -0.25) is 4.68 Å². The quantitative estimate of drug-likeness (QED) is 0.870. The third kappa shape index (κ3) is 3.70. The molecular weight excluding hydrogens is 314 g/mol. The molecule has 3 nitrogen and oxygen atoms in total. The molecule has 0 spiro atoms. The Hall–Kier alpha value is -1.13. The fraction of sp³-hybridized carbons (Fsp3) is 0.438. The molecule has 20 heavy (non-hydrogen) atoms. The molecule has 4 heteroatoms. The molecule has 0 aliphatic heterocycles. The summed E-state index contributed by atoms with van der Waals surface area (Å²) in [6.45, 7) is 5.26. The third-order valence-corrected chi connectivity index (χ3v) is 4.61. The Bertz CT molecular complexity index is 563. The van der Waals surface area contributed by atoms with Crippen LogP contribution in [0.1, 0.15) is 36.1 Å². The van der Waals surface area contributed by atoms with Crippen LogP contribution in [0.3, 0.4) is 0 Å². The van der Waals surface area contributed by atoms with Crippen LogP contribution in [-0.4, -0.2) is 16.3 Å². The van der Waals surface area contributed by atoms with Gasteiger partial charge in [0.25, 0.3) is 0 Å². The van der Waals surface area contributed by atoms with E-state index in [-0.39, 0.29) is 0 Å². The van der Waals surface area contributed by atoms with Crippen molar-refractivity contribution in [3.63, 3.8) is 0 Å². The molecule has 0 saturated heterocycles. The Labute approximate surface area is 129 Å². The normalized spacial score (nSPS) is 12.6. The number of halogens is 1. The van der Waals surface area contributed by atoms with Crippen LogP contribution in [0.15, 0.2) is 35.1 Å². The second-order valence-corrected chi connectivity index (χ2v) is 5.94. The van der Waals surface area contributed by atoms with Crippen molar-refractivity contribution in [2.75, 3.05) is 6.54 Å². The van der Waals surface area contributed by atoms with E-state index in [0.717, 1.165) is 19.4 Å². The molecule has 0 saturated carbocycles. The Morgan fingerprint density at radius 3 is 2.85 bits per heavy atom. The van der Waals surface area contributed by atoms with Crippen LogP contribution in [0.2, 0.25) is 0 Å². The third-order valence-electron chi connectivity index (χ3n) is 3.53. The Balaban J connectivity index is 2.12. The summed E-state index contributed by atoms with van der Waals surface area (Å²) < 4.78 is 3.08. The van der Waals surface area contributed by atoms with Gasteiger partial charge in [0.1, 0.15) is 0 Å². The Morgan fingerprint density at radius 2 is 2.20 bits per heavy atom. The summed E-state index contributed by atoms with van der Waals surface area (Å²) in [4.78, 5) is 0. The molecule has 1 N–H and O–H groups in total. The van der Waals surface area contributed by atoms with Crippen LogP contribution in [-0.2, 0) is 13.5 Å². The van der Waals surface area contributed by atoms with Gasteiger partial charge in [-0.25, -0.2) is 0 Å². The highest BCUT2D eigenvalue weighted by atomic mass is 79.9. The highest BCUT2D eigenvalue weighted by Crippen LogP contribution is 2.29. The molecule has 1 aromatic heterocycles. The first-order chi connectivity index (χ1) is 9.61. The molecule has 1 aromatic carbocycles. The standard InChI is InChI=1S/C16H22BrN3/c1-4-18-15(9-8-13-10-19-20(3)11-13)14-7-5-6-12(2)16(14)17/h5-7,10-11,15,18H,4,8-9H2,1-3H3. The van der Waals surface area contributed by atoms with E-state index in [4.69, 9.17) is 0 Å². The summed E-state index contributed by atoms with van der Waals surface area (Å²) in [5.41, 5.74) is 3.92. The van der Waals surface area contributed by atoms with Gasteiger partial charge in [-0.15, -0.1) is 0 Å². The molecule has 1 unspecified atom stereocenters. The molecule has 0 bridgehead atoms. The predicted molar refractivity (Wildman–Crippen MR) is 86.8 cm³/mol. The monoisotopic (exact) mass is 335 g/mol. The van der Waals surface area contributed by atoms with Gasteiger partial charge in [0.2, 0.25) is 0 Å². The second-order valence-electron chi connectivity index (χ2n) is 5.15. The SMILES string of the molecule is CCNC(CCc1cnn(C)c1)c1cccc(C)c1Br. The van der Waals surface area contributed by atoms with Gasteiger partial charge in [-0.2, -0.15) is 5.10 Å². The maximum atomic E-state index is 4.23. The van der Waals surface area contributed by atoms with Gasteiger partial charge in [0.05, 0.1) is 6.20 Å². The fourth-order valence-electron chi connectivity index (χ4n) is 2.47. The number of benzene rings is 1. The maximum Gasteiger partial charge on any atom is 0.0521 e. The smallest absolute Gasteiger partial charge is 0.0521 e. The highest BCUT2D eigenvalue weighted by Gasteiger charge is 2.14. The lowest BCUT2D eigenvalue weighted by molar-refractivity contribution is 0.513. The minimum absolute atomic E-state index is 0.370. The van der Waals surface area contributed by atoms with Crippen LogP contribution in [0.4, 0.5) is 0 Å². The number of aryl methyl sites for hydroxylation is 3. The fourth-order valence-corrected chi connectivity index (χ4v) is 3.01. The zero-order valence-corrected chi connectivity index (χ0v) is 13.9. The Morgan fingerprint density at radius 1 is 1.40 bits per heavy atom. The number of nitrogens with one attached hydrogen (secondary N) is 1. The van der Waals surface area contributed by atoms with Gasteiger partial charge in [-0.1, -0.05) is 41.1 Å². The number of rotatable bonds is 6. The molecule has 0 fully saturated rings. The first-order valence-electron chi connectivity index (χ1n) is 7.07. The van der Waals surface area contributed by atoms with E-state index in [1.807, 2.05) is 17.9 Å². The molecule has 1 atom stereocenters. The molecule has 108 valence electrons. The van der Waals surface area contributed by atoms with Gasteiger partial charge in [0, 0.05) is 23.8 Å². The summed E-state index contributed by atoms with van der Waals surface area (Å²) >= 11 is 3.72. The Kier molecular flexibility index (Phi) is 5.38. The molecule has 0 radical (unpaired) electrons. The number of nitrogens with zero attached hydrogens (tertiary/aromatic N) is 2. The lowest BCUT2D eigenvalue weighted by Gasteiger charge is -2.20. The number of hydrogen-bond donors (Lipinski definition) is 1. The van der Waals surface area contributed by atoms with Gasteiger partial charge in [-0.05, 0) is 43.0 Å². The van der Waals surface area contributed by atoms with Crippen molar-refractivity contribution in [2.45, 2.75) is 32.7 Å². The van der Waals surface area contributed by atoms with E-state index in [1.165, 1.54) is 21.2 Å². The van der Waals surface area contributed by atoms with Crippen LogP contribution < -0.4 is 5.32 Å². The van der Waals surface area contributed by atoms with E-state index in [2.05, 4.69) is 64.6 Å². The average molecular weight is 336 g/mol. The summed E-state index contributed by atoms with van der Waals surface area (Å²) in [7, 11) is 1.96. The molecule has 1 heterocycles. The van der Waals surface area contributed by atoms with Crippen molar-refractivity contribution in [3.8, 4) is 0 Å². The van der Waals surface area contributed by atoms with Crippen LogP contribution in [0.25, 0.3) is 0 Å². The lowest BCUT2D eigenvalue weighted by Crippen LogP contribution is -2.22. The van der Waals surface area contributed by atoms with Crippen molar-refractivity contribution < 1.29 is 0 Å². The van der Waals surface area contributed by atoms with Crippen molar-refractivity contribution >= 4 is 15.9 Å². The van der Waals surface area contributed by atoms with Crippen LogP contribution >= 0.6 is 15.9 Å². The van der Waals surface area contributed by atoms with E-state index >= 15 is 0 Å². The van der Waals surface area contributed by atoms with Gasteiger partial charge >= 0.3 is 0 Å². The van der Waals surface area contributed by atoms with E-state index in [0.29, 0.717) is 6.04 Å². The molecule has 0 aliphatic rings. The topological polar surface area (TPSA) is 29.9 Å². The highest BCUT2D eigenvalue weighted by molar-refractivity contribution is 9.10. The zero-order valence-electron chi connectivity index (χ0n) is 12.4.